The third-order valence-electron chi connectivity index (χ3n) is 3.75. The molecule has 3 rings (SSSR count). The van der Waals surface area contributed by atoms with E-state index in [0.29, 0.717) is 11.5 Å². The number of rotatable bonds is 6. The molecule has 1 heterocycles. The van der Waals surface area contributed by atoms with Crippen molar-refractivity contribution in [2.24, 2.45) is 0 Å². The van der Waals surface area contributed by atoms with E-state index in [1.807, 2.05) is 60.0 Å². The molecule has 25 heavy (non-hydrogen) atoms. The van der Waals surface area contributed by atoms with E-state index >= 15 is 0 Å². The van der Waals surface area contributed by atoms with Gasteiger partial charge in [-0.1, -0.05) is 18.2 Å². The molecule has 0 saturated heterocycles. The molecule has 1 aromatic heterocycles. The fourth-order valence-electron chi connectivity index (χ4n) is 2.46. The van der Waals surface area contributed by atoms with E-state index < -0.39 is 0 Å². The van der Waals surface area contributed by atoms with Gasteiger partial charge in [0.25, 0.3) is 0 Å². The van der Waals surface area contributed by atoms with Gasteiger partial charge >= 0.3 is 0 Å². The maximum Gasteiger partial charge on any atom is 0.161 e. The van der Waals surface area contributed by atoms with Gasteiger partial charge in [-0.2, -0.15) is 0 Å². The minimum absolute atomic E-state index is 0.694. The zero-order valence-electron chi connectivity index (χ0n) is 14.4. The van der Waals surface area contributed by atoms with Crippen molar-refractivity contribution in [1.29, 1.82) is 0 Å². The molecular formula is C20H19NO3S. The Balaban J connectivity index is 1.84. The molecule has 0 bridgehead atoms. The van der Waals surface area contributed by atoms with Gasteiger partial charge in [0.1, 0.15) is 10.8 Å². The second-order valence-electron chi connectivity index (χ2n) is 5.22. The Morgan fingerprint density at radius 2 is 1.60 bits per heavy atom. The molecular weight excluding hydrogens is 334 g/mol. The van der Waals surface area contributed by atoms with Crippen LogP contribution in [0.2, 0.25) is 0 Å². The molecule has 0 saturated carbocycles. The quantitative estimate of drug-likeness (QED) is 0.625. The number of hydrogen-bond donors (Lipinski definition) is 0. The first kappa shape index (κ1) is 17.0. The van der Waals surface area contributed by atoms with Crippen LogP contribution in [0.15, 0.2) is 47.8 Å². The predicted octanol–water partition coefficient (Wildman–Crippen LogP) is 5.01. The van der Waals surface area contributed by atoms with E-state index in [0.717, 1.165) is 27.6 Å². The molecule has 0 unspecified atom stereocenters. The van der Waals surface area contributed by atoms with E-state index in [9.17, 15) is 0 Å². The van der Waals surface area contributed by atoms with Crippen molar-refractivity contribution in [3.8, 4) is 28.5 Å². The average Bonchev–Trinajstić information content (AvgIpc) is 3.15. The summed E-state index contributed by atoms with van der Waals surface area (Å²) in [6.07, 6.45) is 4.00. The normalized spacial score (nSPS) is 10.8. The number of thiazole rings is 1. The zero-order valence-corrected chi connectivity index (χ0v) is 15.2. The molecule has 2 aromatic carbocycles. The molecule has 128 valence electrons. The van der Waals surface area contributed by atoms with Crippen LogP contribution in [-0.4, -0.2) is 26.3 Å². The summed E-state index contributed by atoms with van der Waals surface area (Å²) >= 11 is 1.59. The number of para-hydroxylation sites is 1. The van der Waals surface area contributed by atoms with Gasteiger partial charge in [-0.05, 0) is 36.4 Å². The van der Waals surface area contributed by atoms with Crippen molar-refractivity contribution in [3.05, 3.63) is 58.4 Å². The Kier molecular flexibility index (Phi) is 5.36. The van der Waals surface area contributed by atoms with Gasteiger partial charge < -0.3 is 14.2 Å². The molecule has 0 spiro atoms. The Morgan fingerprint density at radius 3 is 2.36 bits per heavy atom. The molecule has 0 amide bonds. The summed E-state index contributed by atoms with van der Waals surface area (Å²) in [4.78, 5) is 4.68. The lowest BCUT2D eigenvalue weighted by molar-refractivity contribution is 0.355. The first-order chi connectivity index (χ1) is 12.2. The minimum atomic E-state index is 0.694. The lowest BCUT2D eigenvalue weighted by Crippen LogP contribution is -1.90. The molecule has 5 heteroatoms. The van der Waals surface area contributed by atoms with Gasteiger partial charge in [0.05, 0.1) is 27.0 Å². The zero-order chi connectivity index (χ0) is 17.6. The SMILES string of the molecule is COc1ccccc1/C=C/c1nc(-c2ccc(OC)c(OC)c2)cs1. The summed E-state index contributed by atoms with van der Waals surface area (Å²) in [6.45, 7) is 0. The van der Waals surface area contributed by atoms with E-state index in [-0.39, 0.29) is 0 Å². The van der Waals surface area contributed by atoms with Crippen LogP contribution >= 0.6 is 11.3 Å². The number of hydrogen-bond acceptors (Lipinski definition) is 5. The molecule has 0 atom stereocenters. The highest BCUT2D eigenvalue weighted by Gasteiger charge is 2.08. The maximum atomic E-state index is 5.36. The van der Waals surface area contributed by atoms with Gasteiger partial charge in [-0.3, -0.25) is 0 Å². The summed E-state index contributed by atoms with van der Waals surface area (Å²) < 4.78 is 16.0. The highest BCUT2D eigenvalue weighted by molar-refractivity contribution is 7.10. The lowest BCUT2D eigenvalue weighted by atomic mass is 10.1. The van der Waals surface area contributed by atoms with Crippen LogP contribution in [0, 0.1) is 0 Å². The molecule has 0 aliphatic heterocycles. The van der Waals surface area contributed by atoms with Gasteiger partial charge in [0, 0.05) is 16.5 Å². The Bertz CT molecular complexity index is 886. The van der Waals surface area contributed by atoms with Gasteiger partial charge in [0.2, 0.25) is 0 Å². The Hall–Kier alpha value is -2.79. The number of methoxy groups -OCH3 is 3. The first-order valence-corrected chi connectivity index (χ1v) is 8.62. The fourth-order valence-corrected chi connectivity index (χ4v) is 3.18. The smallest absolute Gasteiger partial charge is 0.161 e. The summed E-state index contributed by atoms with van der Waals surface area (Å²) in [5.41, 5.74) is 2.92. The summed E-state index contributed by atoms with van der Waals surface area (Å²) in [7, 11) is 4.93. The standard InChI is InChI=1S/C20H19NO3S/c1-22-17-7-5-4-6-14(17)9-11-20-21-16(13-25-20)15-8-10-18(23-2)19(12-15)24-3/h4-13H,1-3H3/b11-9+. The number of ether oxygens (including phenoxy) is 3. The van der Waals surface area contributed by atoms with Crippen molar-refractivity contribution in [2.45, 2.75) is 0 Å². The summed E-state index contributed by atoms with van der Waals surface area (Å²) in [5.74, 6) is 2.24. The van der Waals surface area contributed by atoms with Gasteiger partial charge in [-0.25, -0.2) is 4.98 Å². The van der Waals surface area contributed by atoms with E-state index in [4.69, 9.17) is 14.2 Å². The number of nitrogens with zero attached hydrogens (tertiary/aromatic N) is 1. The van der Waals surface area contributed by atoms with Crippen LogP contribution < -0.4 is 14.2 Å². The third-order valence-corrected chi connectivity index (χ3v) is 4.56. The van der Waals surface area contributed by atoms with Crippen LogP contribution in [0.5, 0.6) is 17.2 Å². The van der Waals surface area contributed by atoms with E-state index in [1.165, 1.54) is 0 Å². The highest BCUT2D eigenvalue weighted by atomic mass is 32.1. The summed E-state index contributed by atoms with van der Waals surface area (Å²) in [6, 6.07) is 13.7. The Labute approximate surface area is 151 Å². The predicted molar refractivity (Wildman–Crippen MR) is 103 cm³/mol. The molecule has 0 radical (unpaired) electrons. The molecule has 4 nitrogen and oxygen atoms in total. The van der Waals surface area contributed by atoms with Gasteiger partial charge in [-0.15, -0.1) is 11.3 Å². The first-order valence-electron chi connectivity index (χ1n) is 7.74. The Morgan fingerprint density at radius 1 is 0.840 bits per heavy atom. The largest absolute Gasteiger partial charge is 0.496 e. The second kappa shape index (κ2) is 7.85. The van der Waals surface area contributed by atoms with Crippen molar-refractivity contribution in [2.75, 3.05) is 21.3 Å². The second-order valence-corrected chi connectivity index (χ2v) is 6.11. The minimum Gasteiger partial charge on any atom is -0.496 e. The molecule has 0 fully saturated rings. The maximum absolute atomic E-state index is 5.36. The fraction of sp³-hybridized carbons (Fsp3) is 0.150. The van der Waals surface area contributed by atoms with Crippen molar-refractivity contribution in [1.82, 2.24) is 4.98 Å². The molecule has 0 aliphatic rings. The lowest BCUT2D eigenvalue weighted by Gasteiger charge is -2.08. The van der Waals surface area contributed by atoms with E-state index in [1.54, 1.807) is 32.7 Å². The molecule has 0 N–H and O–H groups in total. The number of benzene rings is 2. The van der Waals surface area contributed by atoms with Crippen LogP contribution in [0.4, 0.5) is 0 Å². The molecule has 3 aromatic rings. The monoisotopic (exact) mass is 353 g/mol. The topological polar surface area (TPSA) is 40.6 Å². The van der Waals surface area contributed by atoms with Crippen LogP contribution in [-0.2, 0) is 0 Å². The van der Waals surface area contributed by atoms with Crippen molar-refractivity contribution >= 4 is 23.5 Å². The molecule has 0 aliphatic carbocycles. The third kappa shape index (κ3) is 3.83. The van der Waals surface area contributed by atoms with Crippen molar-refractivity contribution < 1.29 is 14.2 Å². The average molecular weight is 353 g/mol. The van der Waals surface area contributed by atoms with Crippen molar-refractivity contribution in [3.63, 3.8) is 0 Å². The number of aromatic nitrogens is 1. The highest BCUT2D eigenvalue weighted by Crippen LogP contribution is 2.33. The van der Waals surface area contributed by atoms with E-state index in [2.05, 4.69) is 4.98 Å². The summed E-state index contributed by atoms with van der Waals surface area (Å²) in [5, 5.41) is 2.96. The van der Waals surface area contributed by atoms with Crippen LogP contribution in [0.25, 0.3) is 23.4 Å². The van der Waals surface area contributed by atoms with Crippen LogP contribution in [0.3, 0.4) is 0 Å². The van der Waals surface area contributed by atoms with Gasteiger partial charge in [0.15, 0.2) is 11.5 Å². The van der Waals surface area contributed by atoms with Crippen LogP contribution in [0.1, 0.15) is 10.6 Å².